The Morgan fingerprint density at radius 2 is 2.15 bits per heavy atom. The number of thiophene rings is 1. The molecule has 3 rings (SSSR count). The molecule has 1 atom stereocenters. The monoisotopic (exact) mass is 408 g/mol. The Hall–Kier alpha value is -2.45. The van der Waals surface area contributed by atoms with Gasteiger partial charge in [-0.05, 0) is 42.9 Å². The molecule has 1 aliphatic carbocycles. The first-order valence-corrected chi connectivity index (χ1v) is 9.49. The van der Waals surface area contributed by atoms with Crippen molar-refractivity contribution in [2.45, 2.75) is 26.2 Å². The maximum absolute atomic E-state index is 12.7. The van der Waals surface area contributed by atoms with E-state index in [1.54, 1.807) is 0 Å². The number of hydrogen-bond donors (Lipinski definition) is 1. The molecule has 9 heteroatoms. The summed E-state index contributed by atoms with van der Waals surface area (Å²) in [7, 11) is 1.29. The van der Waals surface area contributed by atoms with Crippen LogP contribution in [0.4, 0.5) is 10.7 Å². The van der Waals surface area contributed by atoms with Crippen molar-refractivity contribution in [3.05, 3.63) is 54.9 Å². The van der Waals surface area contributed by atoms with Crippen LogP contribution in [0.25, 0.3) is 0 Å². The molecule has 1 unspecified atom stereocenters. The van der Waals surface area contributed by atoms with Gasteiger partial charge in [0.05, 0.1) is 17.6 Å². The van der Waals surface area contributed by atoms with E-state index in [9.17, 15) is 19.7 Å². The first kappa shape index (κ1) is 19.3. The number of ether oxygens (including phenoxy) is 1. The van der Waals surface area contributed by atoms with E-state index >= 15 is 0 Å². The molecular formula is C18H17ClN2O5S. The minimum absolute atomic E-state index is 0.125. The van der Waals surface area contributed by atoms with Gasteiger partial charge in [-0.3, -0.25) is 14.9 Å². The number of anilines is 1. The van der Waals surface area contributed by atoms with Crippen molar-refractivity contribution in [3.8, 4) is 0 Å². The Labute approximate surface area is 164 Å². The zero-order valence-electron chi connectivity index (χ0n) is 14.7. The van der Waals surface area contributed by atoms with E-state index in [1.807, 2.05) is 0 Å². The third-order valence-electron chi connectivity index (χ3n) is 4.53. The SMILES string of the molecule is COC(=O)c1c(NC(=O)c2ccc(Cl)cc2[N+](=O)[O-])sc2c1CCC(C)C2. The van der Waals surface area contributed by atoms with E-state index in [4.69, 9.17) is 16.3 Å². The predicted molar refractivity (Wildman–Crippen MR) is 103 cm³/mol. The van der Waals surface area contributed by atoms with E-state index in [1.165, 1.54) is 30.6 Å². The molecule has 27 heavy (non-hydrogen) atoms. The number of benzene rings is 1. The lowest BCUT2D eigenvalue weighted by atomic mass is 9.88. The number of methoxy groups -OCH3 is 1. The molecule has 0 saturated carbocycles. The van der Waals surface area contributed by atoms with Crippen molar-refractivity contribution >= 4 is 45.5 Å². The molecule has 7 nitrogen and oxygen atoms in total. The second-order valence-electron chi connectivity index (χ2n) is 6.42. The minimum Gasteiger partial charge on any atom is -0.465 e. The van der Waals surface area contributed by atoms with Crippen LogP contribution < -0.4 is 5.32 Å². The fourth-order valence-corrected chi connectivity index (χ4v) is 4.74. The van der Waals surface area contributed by atoms with E-state index in [2.05, 4.69) is 12.2 Å². The van der Waals surface area contributed by atoms with Gasteiger partial charge >= 0.3 is 5.97 Å². The number of carbonyl (C=O) groups excluding carboxylic acids is 2. The number of fused-ring (bicyclic) bond motifs is 1. The highest BCUT2D eigenvalue weighted by Crippen LogP contribution is 2.40. The third kappa shape index (κ3) is 3.81. The number of halogens is 1. The summed E-state index contributed by atoms with van der Waals surface area (Å²) in [5.41, 5.74) is 0.717. The number of nitro groups is 1. The third-order valence-corrected chi connectivity index (χ3v) is 5.93. The Kier molecular flexibility index (Phi) is 5.48. The second kappa shape index (κ2) is 7.66. The fourth-order valence-electron chi connectivity index (χ4n) is 3.18. The van der Waals surface area contributed by atoms with Gasteiger partial charge in [-0.25, -0.2) is 4.79 Å². The summed E-state index contributed by atoms with van der Waals surface area (Å²) >= 11 is 7.12. The molecule has 1 aliphatic rings. The topological polar surface area (TPSA) is 98.5 Å². The quantitative estimate of drug-likeness (QED) is 0.457. The molecule has 1 aromatic heterocycles. The lowest BCUT2D eigenvalue weighted by Gasteiger charge is -2.18. The van der Waals surface area contributed by atoms with Crippen molar-refractivity contribution in [2.24, 2.45) is 5.92 Å². The maximum atomic E-state index is 12.7. The number of nitro benzene ring substituents is 1. The number of amides is 1. The van der Waals surface area contributed by atoms with Gasteiger partial charge in [-0.1, -0.05) is 18.5 Å². The molecule has 142 valence electrons. The lowest BCUT2D eigenvalue weighted by molar-refractivity contribution is -0.385. The highest BCUT2D eigenvalue weighted by atomic mass is 35.5. The minimum atomic E-state index is -0.671. The molecular weight excluding hydrogens is 392 g/mol. The van der Waals surface area contributed by atoms with Gasteiger partial charge in [0.15, 0.2) is 0 Å². The van der Waals surface area contributed by atoms with Crippen molar-refractivity contribution < 1.29 is 19.2 Å². The van der Waals surface area contributed by atoms with Gasteiger partial charge < -0.3 is 10.1 Å². The number of nitrogens with one attached hydrogen (secondary N) is 1. The first-order chi connectivity index (χ1) is 12.8. The van der Waals surface area contributed by atoms with Crippen molar-refractivity contribution in [2.75, 3.05) is 12.4 Å². The number of rotatable bonds is 4. The molecule has 0 spiro atoms. The molecule has 0 radical (unpaired) electrons. The standard InChI is InChI=1S/C18H17ClN2O5S/c1-9-3-5-12-14(7-9)27-17(15(12)18(23)26-2)20-16(22)11-6-4-10(19)8-13(11)21(24)25/h4,6,8-9H,3,5,7H2,1-2H3,(H,20,22). The van der Waals surface area contributed by atoms with E-state index in [-0.39, 0.29) is 10.6 Å². The van der Waals surface area contributed by atoms with Crippen molar-refractivity contribution in [1.82, 2.24) is 0 Å². The van der Waals surface area contributed by atoms with Crippen molar-refractivity contribution in [3.63, 3.8) is 0 Å². The van der Waals surface area contributed by atoms with Gasteiger partial charge in [0.1, 0.15) is 10.6 Å². The van der Waals surface area contributed by atoms with Gasteiger partial charge in [0.25, 0.3) is 11.6 Å². The predicted octanol–water partition coefficient (Wildman–Crippen LogP) is 4.47. The van der Waals surface area contributed by atoms with Crippen LogP contribution in [0.1, 0.15) is 44.5 Å². The second-order valence-corrected chi connectivity index (χ2v) is 7.96. The molecule has 0 saturated heterocycles. The number of nitrogens with zero attached hydrogens (tertiary/aromatic N) is 1. The smallest absolute Gasteiger partial charge is 0.341 e. The van der Waals surface area contributed by atoms with Gasteiger partial charge in [0, 0.05) is 16.0 Å². The lowest BCUT2D eigenvalue weighted by Crippen LogP contribution is -2.17. The number of esters is 1. The average Bonchev–Trinajstić information content (AvgIpc) is 2.97. The number of hydrogen-bond acceptors (Lipinski definition) is 6. The summed E-state index contributed by atoms with van der Waals surface area (Å²) in [5, 5.41) is 14.4. The van der Waals surface area contributed by atoms with Crippen LogP contribution in [0.3, 0.4) is 0 Å². The summed E-state index contributed by atoms with van der Waals surface area (Å²) in [6, 6.07) is 3.83. The molecule has 0 bridgehead atoms. The van der Waals surface area contributed by atoms with E-state index < -0.39 is 22.5 Å². The maximum Gasteiger partial charge on any atom is 0.341 e. The zero-order valence-corrected chi connectivity index (χ0v) is 16.3. The summed E-state index contributed by atoms with van der Waals surface area (Å²) in [6.07, 6.45) is 2.50. The van der Waals surface area contributed by atoms with Crippen LogP contribution in [-0.2, 0) is 17.6 Å². The molecule has 1 heterocycles. The highest BCUT2D eigenvalue weighted by Gasteiger charge is 2.30. The Balaban J connectivity index is 2.00. The Bertz CT molecular complexity index is 940. The van der Waals surface area contributed by atoms with Crippen LogP contribution in [-0.4, -0.2) is 23.9 Å². The highest BCUT2D eigenvalue weighted by molar-refractivity contribution is 7.17. The van der Waals surface area contributed by atoms with Gasteiger partial charge in [-0.2, -0.15) is 0 Å². The average molecular weight is 409 g/mol. The van der Waals surface area contributed by atoms with E-state index in [0.717, 1.165) is 35.8 Å². The molecule has 1 aromatic carbocycles. The van der Waals surface area contributed by atoms with Crippen LogP contribution >= 0.6 is 22.9 Å². The first-order valence-electron chi connectivity index (χ1n) is 8.30. The van der Waals surface area contributed by atoms with Crippen LogP contribution in [0, 0.1) is 16.0 Å². The van der Waals surface area contributed by atoms with Crippen LogP contribution in [0.2, 0.25) is 5.02 Å². The fraction of sp³-hybridized carbons (Fsp3) is 0.333. The Morgan fingerprint density at radius 1 is 1.41 bits per heavy atom. The van der Waals surface area contributed by atoms with Crippen LogP contribution in [0.15, 0.2) is 18.2 Å². The van der Waals surface area contributed by atoms with Gasteiger partial charge in [-0.15, -0.1) is 11.3 Å². The molecule has 0 aliphatic heterocycles. The van der Waals surface area contributed by atoms with Crippen molar-refractivity contribution in [1.29, 1.82) is 0 Å². The largest absolute Gasteiger partial charge is 0.465 e. The summed E-state index contributed by atoms with van der Waals surface area (Å²) in [4.78, 5) is 36.6. The van der Waals surface area contributed by atoms with E-state index in [0.29, 0.717) is 16.5 Å². The molecule has 0 fully saturated rings. The number of carbonyl (C=O) groups is 2. The van der Waals surface area contributed by atoms with Crippen LogP contribution in [0.5, 0.6) is 0 Å². The Morgan fingerprint density at radius 3 is 2.81 bits per heavy atom. The summed E-state index contributed by atoms with van der Waals surface area (Å²) in [6.45, 7) is 2.13. The summed E-state index contributed by atoms with van der Waals surface area (Å²) < 4.78 is 4.88. The molecule has 2 aromatic rings. The normalized spacial score (nSPS) is 15.7. The summed E-state index contributed by atoms with van der Waals surface area (Å²) in [5.74, 6) is -0.708. The molecule has 1 N–H and O–H groups in total. The van der Waals surface area contributed by atoms with Gasteiger partial charge in [0.2, 0.25) is 0 Å². The zero-order chi connectivity index (χ0) is 19.7. The molecule has 1 amide bonds.